The Morgan fingerprint density at radius 1 is 1.30 bits per heavy atom. The van der Waals surface area contributed by atoms with Crippen LogP contribution in [0.25, 0.3) is 0 Å². The van der Waals surface area contributed by atoms with Crippen LogP contribution < -0.4 is 0 Å². The maximum absolute atomic E-state index is 11.2. The summed E-state index contributed by atoms with van der Waals surface area (Å²) in [4.78, 5) is 11.2. The van der Waals surface area contributed by atoms with Crippen LogP contribution in [0.4, 0.5) is 0 Å². The summed E-state index contributed by atoms with van der Waals surface area (Å²) >= 11 is 0. The van der Waals surface area contributed by atoms with Gasteiger partial charge in [-0.15, -0.1) is 5.10 Å². The van der Waals surface area contributed by atoms with Crippen molar-refractivity contribution in [3.63, 3.8) is 0 Å². The van der Waals surface area contributed by atoms with Gasteiger partial charge in [-0.05, 0) is 25.3 Å². The summed E-state index contributed by atoms with van der Waals surface area (Å²) in [5.74, 6) is -1.01. The van der Waals surface area contributed by atoms with Crippen LogP contribution in [0, 0.1) is 6.92 Å². The van der Waals surface area contributed by atoms with E-state index < -0.39 is 5.97 Å². The Morgan fingerprint density at radius 2 is 2.00 bits per heavy atom. The number of unbranched alkanes of at least 4 members (excludes halogenated alkanes) is 1. The Balaban J connectivity index is 2.26. The van der Waals surface area contributed by atoms with Crippen LogP contribution in [0.15, 0.2) is 24.3 Å². The number of carbonyl (C=O) groups is 1. The lowest BCUT2D eigenvalue weighted by molar-refractivity contribution is 0.0689. The molecule has 2 aromatic rings. The fourth-order valence-corrected chi connectivity index (χ4v) is 2.08. The van der Waals surface area contributed by atoms with Gasteiger partial charge in [0.15, 0.2) is 5.69 Å². The first kappa shape index (κ1) is 14.2. The van der Waals surface area contributed by atoms with E-state index in [-0.39, 0.29) is 5.69 Å². The van der Waals surface area contributed by atoms with Crippen LogP contribution in [-0.2, 0) is 13.0 Å². The molecule has 2 rings (SSSR count). The molecule has 0 saturated heterocycles. The Hall–Kier alpha value is -2.17. The molecule has 20 heavy (non-hydrogen) atoms. The van der Waals surface area contributed by atoms with Gasteiger partial charge in [-0.3, -0.25) is 0 Å². The zero-order valence-electron chi connectivity index (χ0n) is 11.8. The second kappa shape index (κ2) is 6.32. The van der Waals surface area contributed by atoms with Crippen LogP contribution in [-0.4, -0.2) is 26.1 Å². The van der Waals surface area contributed by atoms with Crippen molar-refractivity contribution in [3.8, 4) is 0 Å². The van der Waals surface area contributed by atoms with E-state index in [1.54, 1.807) is 4.68 Å². The number of hydrogen-bond donors (Lipinski definition) is 1. The number of carboxylic acids is 1. The summed E-state index contributed by atoms with van der Waals surface area (Å²) < 4.78 is 1.70. The van der Waals surface area contributed by atoms with Gasteiger partial charge < -0.3 is 5.11 Å². The number of aryl methyl sites for hydroxylation is 1. The summed E-state index contributed by atoms with van der Waals surface area (Å²) in [6.45, 7) is 4.67. The average molecular weight is 273 g/mol. The molecular formula is C15H19N3O2. The van der Waals surface area contributed by atoms with Crippen LogP contribution in [0.1, 0.15) is 47.1 Å². The molecule has 0 radical (unpaired) electrons. The van der Waals surface area contributed by atoms with Gasteiger partial charge >= 0.3 is 5.97 Å². The largest absolute Gasteiger partial charge is 0.476 e. The Kier molecular flexibility index (Phi) is 4.50. The molecule has 5 heteroatoms. The molecule has 0 spiro atoms. The van der Waals surface area contributed by atoms with E-state index in [0.29, 0.717) is 18.7 Å². The molecule has 0 unspecified atom stereocenters. The number of aromatic carboxylic acids is 1. The minimum atomic E-state index is -1.01. The second-order valence-corrected chi connectivity index (χ2v) is 4.94. The van der Waals surface area contributed by atoms with Crippen molar-refractivity contribution in [3.05, 3.63) is 46.8 Å². The standard InChI is InChI=1S/C15H19N3O2/c1-3-4-5-13-14(15(19)20)16-17-18(13)10-12-8-6-11(2)7-9-12/h6-9H,3-5,10H2,1-2H3,(H,19,20). The molecule has 0 fully saturated rings. The van der Waals surface area contributed by atoms with Crippen molar-refractivity contribution in [2.45, 2.75) is 39.7 Å². The summed E-state index contributed by atoms with van der Waals surface area (Å²) in [7, 11) is 0. The number of benzene rings is 1. The van der Waals surface area contributed by atoms with E-state index in [9.17, 15) is 4.79 Å². The smallest absolute Gasteiger partial charge is 0.358 e. The second-order valence-electron chi connectivity index (χ2n) is 4.94. The SMILES string of the molecule is CCCCc1c(C(=O)O)nnn1Cc1ccc(C)cc1. The van der Waals surface area contributed by atoms with Gasteiger partial charge in [0.2, 0.25) is 0 Å². The number of carboxylic acid groups (broad SMARTS) is 1. The summed E-state index contributed by atoms with van der Waals surface area (Å²) in [6.07, 6.45) is 2.63. The van der Waals surface area contributed by atoms with Gasteiger partial charge in [0, 0.05) is 0 Å². The van der Waals surface area contributed by atoms with Gasteiger partial charge in [-0.25, -0.2) is 9.48 Å². The normalized spacial score (nSPS) is 10.7. The molecule has 5 nitrogen and oxygen atoms in total. The zero-order chi connectivity index (χ0) is 14.5. The van der Waals surface area contributed by atoms with Crippen molar-refractivity contribution in [1.29, 1.82) is 0 Å². The van der Waals surface area contributed by atoms with E-state index in [2.05, 4.69) is 17.2 Å². The van der Waals surface area contributed by atoms with Crippen LogP contribution >= 0.6 is 0 Å². The van der Waals surface area contributed by atoms with Crippen molar-refractivity contribution in [1.82, 2.24) is 15.0 Å². The van der Waals surface area contributed by atoms with E-state index >= 15 is 0 Å². The van der Waals surface area contributed by atoms with Crippen molar-refractivity contribution < 1.29 is 9.90 Å². The third-order valence-corrected chi connectivity index (χ3v) is 3.26. The van der Waals surface area contributed by atoms with Gasteiger partial charge in [-0.1, -0.05) is 48.4 Å². The van der Waals surface area contributed by atoms with Crippen LogP contribution in [0.2, 0.25) is 0 Å². The number of nitrogens with zero attached hydrogens (tertiary/aromatic N) is 3. The number of rotatable bonds is 6. The van der Waals surface area contributed by atoms with Gasteiger partial charge in [-0.2, -0.15) is 0 Å². The van der Waals surface area contributed by atoms with E-state index in [1.165, 1.54) is 5.56 Å². The van der Waals surface area contributed by atoms with E-state index in [1.807, 2.05) is 31.2 Å². The van der Waals surface area contributed by atoms with Gasteiger partial charge in [0.1, 0.15) is 0 Å². The minimum Gasteiger partial charge on any atom is -0.476 e. The Bertz CT molecular complexity index is 588. The molecule has 1 aromatic heterocycles. The van der Waals surface area contributed by atoms with Gasteiger partial charge in [0.25, 0.3) is 0 Å². The zero-order valence-corrected chi connectivity index (χ0v) is 11.8. The highest BCUT2D eigenvalue weighted by molar-refractivity contribution is 5.86. The maximum atomic E-state index is 11.2. The molecule has 106 valence electrons. The van der Waals surface area contributed by atoms with E-state index in [4.69, 9.17) is 5.11 Å². The predicted molar refractivity (Wildman–Crippen MR) is 75.9 cm³/mol. The maximum Gasteiger partial charge on any atom is 0.358 e. The molecule has 0 aliphatic heterocycles. The summed E-state index contributed by atoms with van der Waals surface area (Å²) in [6, 6.07) is 8.13. The van der Waals surface area contributed by atoms with Crippen LogP contribution in [0.3, 0.4) is 0 Å². The number of hydrogen-bond acceptors (Lipinski definition) is 3. The fraction of sp³-hybridized carbons (Fsp3) is 0.400. The molecule has 1 aromatic carbocycles. The monoisotopic (exact) mass is 273 g/mol. The first-order chi connectivity index (χ1) is 9.61. The lowest BCUT2D eigenvalue weighted by atomic mass is 10.1. The topological polar surface area (TPSA) is 68.0 Å². The average Bonchev–Trinajstić information content (AvgIpc) is 2.82. The van der Waals surface area contributed by atoms with Gasteiger partial charge in [0.05, 0.1) is 12.2 Å². The highest BCUT2D eigenvalue weighted by Gasteiger charge is 2.18. The molecule has 0 aliphatic rings. The molecule has 1 N–H and O–H groups in total. The lowest BCUT2D eigenvalue weighted by Crippen LogP contribution is -2.09. The molecular weight excluding hydrogens is 254 g/mol. The number of aromatic nitrogens is 3. The van der Waals surface area contributed by atoms with E-state index in [0.717, 1.165) is 18.4 Å². The first-order valence-corrected chi connectivity index (χ1v) is 6.83. The highest BCUT2D eigenvalue weighted by Crippen LogP contribution is 2.13. The molecule has 0 amide bonds. The molecule has 0 bridgehead atoms. The third kappa shape index (κ3) is 3.23. The Labute approximate surface area is 118 Å². The van der Waals surface area contributed by atoms with Crippen molar-refractivity contribution >= 4 is 5.97 Å². The van der Waals surface area contributed by atoms with Crippen LogP contribution in [0.5, 0.6) is 0 Å². The fourth-order valence-electron chi connectivity index (χ4n) is 2.08. The quantitative estimate of drug-likeness (QED) is 0.878. The molecule has 0 aliphatic carbocycles. The summed E-state index contributed by atoms with van der Waals surface area (Å²) in [5.41, 5.74) is 3.07. The summed E-state index contributed by atoms with van der Waals surface area (Å²) in [5, 5.41) is 17.0. The third-order valence-electron chi connectivity index (χ3n) is 3.26. The molecule has 1 heterocycles. The highest BCUT2D eigenvalue weighted by atomic mass is 16.4. The lowest BCUT2D eigenvalue weighted by Gasteiger charge is -2.07. The van der Waals surface area contributed by atoms with Crippen molar-refractivity contribution in [2.24, 2.45) is 0 Å². The Morgan fingerprint density at radius 3 is 2.60 bits per heavy atom. The van der Waals surface area contributed by atoms with Crippen molar-refractivity contribution in [2.75, 3.05) is 0 Å². The minimum absolute atomic E-state index is 0.0746. The first-order valence-electron chi connectivity index (χ1n) is 6.83. The predicted octanol–water partition coefficient (Wildman–Crippen LogP) is 2.68. The molecule has 0 atom stereocenters. The molecule has 0 saturated carbocycles.